The largest absolute Gasteiger partial charge is 0.478 e. The Bertz CT molecular complexity index is 1740. The fourth-order valence-electron chi connectivity index (χ4n) is 3.75. The molecule has 8 nitrogen and oxygen atoms in total. The molecule has 0 aliphatic heterocycles. The third-order valence-corrected chi connectivity index (χ3v) is 8.51. The molecule has 18 heteroatoms. The SMILES string of the molecule is CNC(=O)c1c(Cl)c(-c2c(Cl)c(Cl)c(C(=O)O)c(C(=O)Nc3c(F)c(C)c(F)c(Cl)c3F)c2Cl)c(Cl)c(Cl)c1C(=O)O. The molecule has 42 heavy (non-hydrogen) atoms. The zero-order chi connectivity index (χ0) is 32.1. The third kappa shape index (κ3) is 5.43. The summed E-state index contributed by atoms with van der Waals surface area (Å²) in [7, 11) is 1.13. The van der Waals surface area contributed by atoms with Crippen molar-refractivity contribution in [3.05, 3.63) is 80.4 Å². The average molecular weight is 728 g/mol. The Hall–Kier alpha value is -2.64. The normalized spacial score (nSPS) is 11.0. The van der Waals surface area contributed by atoms with E-state index < -0.39 is 121 Å². The van der Waals surface area contributed by atoms with Gasteiger partial charge in [0.25, 0.3) is 11.8 Å². The van der Waals surface area contributed by atoms with Crippen LogP contribution in [-0.2, 0) is 0 Å². The van der Waals surface area contributed by atoms with Crippen molar-refractivity contribution in [3.8, 4) is 11.1 Å². The number of rotatable bonds is 6. The van der Waals surface area contributed by atoms with Gasteiger partial charge in [-0.1, -0.05) is 81.2 Å². The summed E-state index contributed by atoms with van der Waals surface area (Å²) in [6, 6.07) is 0. The number of anilines is 1. The summed E-state index contributed by atoms with van der Waals surface area (Å²) in [6.45, 7) is 0.886. The first kappa shape index (κ1) is 33.9. The van der Waals surface area contributed by atoms with Gasteiger partial charge in [-0.15, -0.1) is 0 Å². The maximum absolute atomic E-state index is 14.7. The number of nitrogens with one attached hydrogen (secondary N) is 2. The van der Waals surface area contributed by atoms with Gasteiger partial charge in [0.1, 0.15) is 10.7 Å². The first-order valence-corrected chi connectivity index (χ1v) is 13.3. The van der Waals surface area contributed by atoms with Crippen molar-refractivity contribution < 1.29 is 42.6 Å². The summed E-state index contributed by atoms with van der Waals surface area (Å²) in [6.07, 6.45) is 0. The van der Waals surface area contributed by atoms with Crippen LogP contribution in [-0.4, -0.2) is 41.0 Å². The topological polar surface area (TPSA) is 133 Å². The molecule has 0 bridgehead atoms. The Balaban J connectivity index is 2.49. The van der Waals surface area contributed by atoms with Crippen LogP contribution >= 0.6 is 81.2 Å². The van der Waals surface area contributed by atoms with E-state index in [1.807, 2.05) is 0 Å². The summed E-state index contributed by atoms with van der Waals surface area (Å²) < 4.78 is 43.4. The minimum atomic E-state index is -1.89. The lowest BCUT2D eigenvalue weighted by Gasteiger charge is -2.21. The highest BCUT2D eigenvalue weighted by molar-refractivity contribution is 6.53. The molecule has 222 valence electrons. The highest BCUT2D eigenvalue weighted by Gasteiger charge is 2.36. The second kappa shape index (κ2) is 12.5. The fraction of sp³-hybridized carbons (Fsp3) is 0.0833. The van der Waals surface area contributed by atoms with Crippen LogP contribution in [0.15, 0.2) is 0 Å². The van der Waals surface area contributed by atoms with Crippen molar-refractivity contribution >= 4 is 111 Å². The number of amides is 2. The smallest absolute Gasteiger partial charge is 0.338 e. The highest BCUT2D eigenvalue weighted by atomic mass is 35.5. The second-order valence-corrected chi connectivity index (χ2v) is 10.7. The van der Waals surface area contributed by atoms with Crippen LogP contribution < -0.4 is 10.6 Å². The first-order valence-electron chi connectivity index (χ1n) is 10.7. The molecule has 4 N–H and O–H groups in total. The summed E-state index contributed by atoms with van der Waals surface area (Å²) in [5.74, 6) is -11.1. The van der Waals surface area contributed by atoms with Gasteiger partial charge in [0.15, 0.2) is 17.5 Å². The molecule has 0 atom stereocenters. The van der Waals surface area contributed by atoms with E-state index in [9.17, 15) is 42.6 Å². The molecule has 3 rings (SSSR count). The number of halogens is 10. The van der Waals surface area contributed by atoms with Gasteiger partial charge in [0, 0.05) is 23.7 Å². The number of aromatic carboxylic acids is 2. The van der Waals surface area contributed by atoms with Crippen molar-refractivity contribution in [2.75, 3.05) is 12.4 Å². The summed E-state index contributed by atoms with van der Waals surface area (Å²) >= 11 is 43.4. The molecular weight excluding hydrogens is 717 g/mol. The highest BCUT2D eigenvalue weighted by Crippen LogP contribution is 2.52. The molecule has 3 aromatic rings. The fourth-order valence-corrected chi connectivity index (χ4v) is 5.93. The van der Waals surface area contributed by atoms with Gasteiger partial charge in [-0.3, -0.25) is 9.59 Å². The quantitative estimate of drug-likeness (QED) is 0.148. The zero-order valence-electron chi connectivity index (χ0n) is 20.3. The van der Waals surface area contributed by atoms with Crippen LogP contribution in [0.4, 0.5) is 18.9 Å². The lowest BCUT2D eigenvalue weighted by Crippen LogP contribution is -2.23. The molecule has 0 aliphatic rings. The van der Waals surface area contributed by atoms with E-state index in [0.717, 1.165) is 14.0 Å². The van der Waals surface area contributed by atoms with Gasteiger partial charge in [0.2, 0.25) is 0 Å². The second-order valence-electron chi connectivity index (χ2n) is 8.03. The van der Waals surface area contributed by atoms with Gasteiger partial charge in [0.05, 0.1) is 52.4 Å². The van der Waals surface area contributed by atoms with Crippen LogP contribution in [0.2, 0.25) is 35.2 Å². The Morgan fingerprint density at radius 3 is 1.36 bits per heavy atom. The third-order valence-electron chi connectivity index (χ3n) is 5.72. The van der Waals surface area contributed by atoms with Gasteiger partial charge < -0.3 is 20.8 Å². The molecule has 0 heterocycles. The predicted molar refractivity (Wildman–Crippen MR) is 153 cm³/mol. The number of carbonyl (C=O) groups is 4. The van der Waals surface area contributed by atoms with Crippen LogP contribution in [0.5, 0.6) is 0 Å². The van der Waals surface area contributed by atoms with Gasteiger partial charge in [-0.25, -0.2) is 22.8 Å². The summed E-state index contributed by atoms with van der Waals surface area (Å²) in [5, 5.41) is 17.6. The number of carboxylic acid groups (broad SMARTS) is 2. The summed E-state index contributed by atoms with van der Waals surface area (Å²) in [5.41, 5.74) is -6.92. The van der Waals surface area contributed by atoms with Crippen molar-refractivity contribution in [2.45, 2.75) is 6.92 Å². The number of carboxylic acids is 2. The molecule has 0 aliphatic carbocycles. The van der Waals surface area contributed by atoms with Gasteiger partial charge in [-0.2, -0.15) is 0 Å². The molecule has 0 saturated carbocycles. The van der Waals surface area contributed by atoms with E-state index in [-0.39, 0.29) is 0 Å². The zero-order valence-corrected chi connectivity index (χ0v) is 25.6. The maximum Gasteiger partial charge on any atom is 0.338 e. The standard InChI is InChI=1S/C24H10Cl7F3N2O6/c1-3-17(32)16(31)19(34)20(18(3)33)36-22(38)7-9(24(41)42)15(30)13(28)5(11(7)26)4-10(25)6(21(37)35-2)8(23(39)40)14(29)12(4)27/h1-2H3,(H,35,37)(H,36,38)(H,39,40)(H,41,42). The Morgan fingerprint density at radius 1 is 0.571 bits per heavy atom. The molecule has 3 aromatic carbocycles. The molecule has 0 saturated heterocycles. The number of hydrogen-bond donors (Lipinski definition) is 4. The Labute approximate surface area is 268 Å². The van der Waals surface area contributed by atoms with E-state index in [4.69, 9.17) is 81.2 Å². The van der Waals surface area contributed by atoms with E-state index in [1.165, 1.54) is 0 Å². The van der Waals surface area contributed by atoms with E-state index >= 15 is 0 Å². The van der Waals surface area contributed by atoms with Crippen LogP contribution in [0.3, 0.4) is 0 Å². The van der Waals surface area contributed by atoms with Gasteiger partial charge >= 0.3 is 11.9 Å². The Morgan fingerprint density at radius 2 is 0.976 bits per heavy atom. The molecule has 0 radical (unpaired) electrons. The molecule has 0 fully saturated rings. The van der Waals surface area contributed by atoms with E-state index in [2.05, 4.69) is 5.32 Å². The lowest BCUT2D eigenvalue weighted by molar-refractivity contribution is 0.0683. The maximum atomic E-state index is 14.7. The molecular formula is C24H10Cl7F3N2O6. The molecule has 0 spiro atoms. The monoisotopic (exact) mass is 724 g/mol. The van der Waals surface area contributed by atoms with Crippen molar-refractivity contribution in [1.82, 2.24) is 5.32 Å². The van der Waals surface area contributed by atoms with Gasteiger partial charge in [-0.05, 0) is 6.92 Å². The molecule has 0 unspecified atom stereocenters. The summed E-state index contributed by atoms with van der Waals surface area (Å²) in [4.78, 5) is 50.0. The van der Waals surface area contributed by atoms with Crippen molar-refractivity contribution in [2.24, 2.45) is 0 Å². The van der Waals surface area contributed by atoms with Crippen LogP contribution in [0, 0.1) is 24.4 Å². The average Bonchev–Trinajstić information content (AvgIpc) is 2.93. The van der Waals surface area contributed by atoms with Crippen molar-refractivity contribution in [3.63, 3.8) is 0 Å². The first-order chi connectivity index (χ1) is 19.4. The minimum absolute atomic E-state index is 0.562. The van der Waals surface area contributed by atoms with E-state index in [1.54, 1.807) is 5.32 Å². The van der Waals surface area contributed by atoms with Crippen LogP contribution in [0.1, 0.15) is 47.0 Å². The number of benzene rings is 3. The Kier molecular flexibility index (Phi) is 10.1. The number of carbonyl (C=O) groups excluding carboxylic acids is 2. The molecule has 2 amide bonds. The minimum Gasteiger partial charge on any atom is -0.478 e. The van der Waals surface area contributed by atoms with Crippen LogP contribution in [0.25, 0.3) is 11.1 Å². The molecule has 0 aromatic heterocycles. The predicted octanol–water partition coefficient (Wildman–Crippen LogP) is 8.66. The van der Waals surface area contributed by atoms with Crippen molar-refractivity contribution in [1.29, 1.82) is 0 Å². The van der Waals surface area contributed by atoms with E-state index in [0.29, 0.717) is 0 Å². The number of hydrogen-bond acceptors (Lipinski definition) is 4. The lowest BCUT2D eigenvalue weighted by atomic mass is 9.94.